The van der Waals surface area contributed by atoms with Crippen LogP contribution in [0.4, 0.5) is 0 Å². The number of nitrogens with zero attached hydrogens (tertiary/aromatic N) is 1. The maximum absolute atomic E-state index is 6.19. The van der Waals surface area contributed by atoms with Crippen molar-refractivity contribution in [2.24, 2.45) is 4.99 Å². The van der Waals surface area contributed by atoms with Gasteiger partial charge in [0.1, 0.15) is 17.6 Å². The lowest BCUT2D eigenvalue weighted by atomic mass is 10.1. The van der Waals surface area contributed by atoms with Crippen LogP contribution in [-0.2, 0) is 17.8 Å². The molecule has 1 fully saturated rings. The fourth-order valence-corrected chi connectivity index (χ4v) is 3.25. The monoisotopic (exact) mass is 411 g/mol. The molecule has 6 nitrogen and oxygen atoms in total. The van der Waals surface area contributed by atoms with Crippen LogP contribution in [0.3, 0.4) is 0 Å². The van der Waals surface area contributed by atoms with E-state index < -0.39 is 0 Å². The number of hydrogen-bond donors (Lipinski definition) is 2. The predicted octanol–water partition coefficient (Wildman–Crippen LogP) is 3.82. The molecule has 0 radical (unpaired) electrons. The summed E-state index contributed by atoms with van der Waals surface area (Å²) in [6, 6.07) is 14.4. The Kier molecular flexibility index (Phi) is 8.39. The van der Waals surface area contributed by atoms with Gasteiger partial charge in [-0.25, -0.2) is 0 Å². The van der Waals surface area contributed by atoms with Crippen molar-refractivity contribution in [2.75, 3.05) is 26.9 Å². The van der Waals surface area contributed by atoms with E-state index in [-0.39, 0.29) is 6.10 Å². The first-order valence-corrected chi connectivity index (χ1v) is 10.7. The van der Waals surface area contributed by atoms with Crippen molar-refractivity contribution in [1.29, 1.82) is 0 Å². The largest absolute Gasteiger partial charge is 0.494 e. The summed E-state index contributed by atoms with van der Waals surface area (Å²) in [4.78, 5) is 4.34. The van der Waals surface area contributed by atoms with Crippen LogP contribution < -0.4 is 20.1 Å². The maximum Gasteiger partial charge on any atom is 0.191 e. The Labute approximate surface area is 179 Å². The molecule has 2 aromatic carbocycles. The second-order valence-corrected chi connectivity index (χ2v) is 7.49. The van der Waals surface area contributed by atoms with E-state index in [0.717, 1.165) is 54.6 Å². The highest BCUT2D eigenvalue weighted by atomic mass is 16.5. The number of benzene rings is 2. The maximum atomic E-state index is 6.19. The number of aliphatic imine (C=N–C) groups is 1. The van der Waals surface area contributed by atoms with E-state index >= 15 is 0 Å². The van der Waals surface area contributed by atoms with Crippen LogP contribution in [0.15, 0.2) is 47.5 Å². The van der Waals surface area contributed by atoms with Crippen LogP contribution >= 0.6 is 0 Å². The summed E-state index contributed by atoms with van der Waals surface area (Å²) in [5.41, 5.74) is 3.43. The standard InChI is InChI=1S/C24H33N3O3/c1-4-11-29-21-7-5-6-19(14-21)15-26-24(25-3)27-16-20-9-8-18(2)13-23(20)30-22-10-12-28-17-22/h5-9,13-14,22H,4,10-12,15-17H2,1-3H3,(H2,25,26,27). The van der Waals surface area contributed by atoms with Crippen LogP contribution in [0.2, 0.25) is 0 Å². The average Bonchev–Trinajstić information content (AvgIpc) is 3.27. The molecular weight excluding hydrogens is 378 g/mol. The normalized spacial score (nSPS) is 16.4. The van der Waals surface area contributed by atoms with E-state index in [2.05, 4.69) is 59.8 Å². The highest BCUT2D eigenvalue weighted by Crippen LogP contribution is 2.23. The van der Waals surface area contributed by atoms with Crippen LogP contribution in [-0.4, -0.2) is 38.9 Å². The van der Waals surface area contributed by atoms with Crippen molar-refractivity contribution in [2.45, 2.75) is 45.9 Å². The van der Waals surface area contributed by atoms with Crippen LogP contribution in [0, 0.1) is 6.92 Å². The highest BCUT2D eigenvalue weighted by Gasteiger charge is 2.18. The third-order valence-corrected chi connectivity index (χ3v) is 4.91. The Balaban J connectivity index is 1.55. The summed E-state index contributed by atoms with van der Waals surface area (Å²) in [6.07, 6.45) is 2.06. The molecule has 1 aliphatic heterocycles. The molecular formula is C24H33N3O3. The van der Waals surface area contributed by atoms with Crippen LogP contribution in [0.1, 0.15) is 36.5 Å². The Bertz CT molecular complexity index is 832. The van der Waals surface area contributed by atoms with Gasteiger partial charge in [-0.05, 0) is 42.7 Å². The molecule has 1 saturated heterocycles. The molecule has 6 heteroatoms. The summed E-state index contributed by atoms with van der Waals surface area (Å²) >= 11 is 0. The third kappa shape index (κ3) is 6.66. The first-order chi connectivity index (χ1) is 14.7. The highest BCUT2D eigenvalue weighted by molar-refractivity contribution is 5.79. The summed E-state index contributed by atoms with van der Waals surface area (Å²) in [5, 5.41) is 6.75. The Morgan fingerprint density at radius 3 is 2.80 bits per heavy atom. The van der Waals surface area contributed by atoms with Gasteiger partial charge in [0.05, 0.1) is 19.8 Å². The molecule has 3 rings (SSSR count). The zero-order valence-corrected chi connectivity index (χ0v) is 18.2. The van der Waals surface area contributed by atoms with Gasteiger partial charge >= 0.3 is 0 Å². The molecule has 1 aliphatic rings. The predicted molar refractivity (Wildman–Crippen MR) is 120 cm³/mol. The van der Waals surface area contributed by atoms with Gasteiger partial charge in [-0.2, -0.15) is 0 Å². The molecule has 1 unspecified atom stereocenters. The van der Waals surface area contributed by atoms with Gasteiger partial charge in [-0.3, -0.25) is 4.99 Å². The fraction of sp³-hybridized carbons (Fsp3) is 0.458. The fourth-order valence-electron chi connectivity index (χ4n) is 3.25. The van der Waals surface area contributed by atoms with Crippen molar-refractivity contribution in [3.63, 3.8) is 0 Å². The molecule has 162 valence electrons. The lowest BCUT2D eigenvalue weighted by Gasteiger charge is -2.18. The van der Waals surface area contributed by atoms with Gasteiger partial charge in [0.25, 0.3) is 0 Å². The Hall–Kier alpha value is -2.73. The number of guanidine groups is 1. The summed E-state index contributed by atoms with van der Waals surface area (Å²) in [5.74, 6) is 2.55. The van der Waals surface area contributed by atoms with Crippen molar-refractivity contribution in [3.8, 4) is 11.5 Å². The Morgan fingerprint density at radius 1 is 1.17 bits per heavy atom. The molecule has 0 spiro atoms. The number of rotatable bonds is 9. The minimum absolute atomic E-state index is 0.130. The zero-order chi connectivity index (χ0) is 21.2. The molecule has 2 N–H and O–H groups in total. The van der Waals surface area contributed by atoms with E-state index in [1.54, 1.807) is 7.05 Å². The average molecular weight is 412 g/mol. The molecule has 2 aromatic rings. The summed E-state index contributed by atoms with van der Waals surface area (Å²) < 4.78 is 17.3. The van der Waals surface area contributed by atoms with Crippen molar-refractivity contribution in [1.82, 2.24) is 10.6 Å². The van der Waals surface area contributed by atoms with Gasteiger partial charge in [0.15, 0.2) is 5.96 Å². The SMILES string of the molecule is CCCOc1cccc(CNC(=NC)NCc2ccc(C)cc2OC2CCOC2)c1. The van der Waals surface area contributed by atoms with Crippen molar-refractivity contribution >= 4 is 5.96 Å². The molecule has 0 aromatic heterocycles. The molecule has 0 aliphatic carbocycles. The first kappa shape index (κ1) is 22.0. The van der Waals surface area contributed by atoms with Gasteiger partial charge in [0, 0.05) is 32.1 Å². The number of aryl methyl sites for hydroxylation is 1. The Morgan fingerprint density at radius 2 is 2.03 bits per heavy atom. The number of ether oxygens (including phenoxy) is 3. The van der Waals surface area contributed by atoms with Gasteiger partial charge in [-0.15, -0.1) is 0 Å². The second kappa shape index (κ2) is 11.5. The van der Waals surface area contributed by atoms with E-state index in [0.29, 0.717) is 19.7 Å². The number of nitrogens with one attached hydrogen (secondary N) is 2. The van der Waals surface area contributed by atoms with Crippen molar-refractivity contribution < 1.29 is 14.2 Å². The van der Waals surface area contributed by atoms with Crippen LogP contribution in [0.25, 0.3) is 0 Å². The molecule has 0 amide bonds. The minimum atomic E-state index is 0.130. The van der Waals surface area contributed by atoms with E-state index in [1.165, 1.54) is 5.56 Å². The van der Waals surface area contributed by atoms with Gasteiger partial charge in [-0.1, -0.05) is 31.2 Å². The van der Waals surface area contributed by atoms with Crippen molar-refractivity contribution in [3.05, 3.63) is 59.2 Å². The van der Waals surface area contributed by atoms with Gasteiger partial charge in [0.2, 0.25) is 0 Å². The lowest BCUT2D eigenvalue weighted by Crippen LogP contribution is -2.36. The van der Waals surface area contributed by atoms with Crippen LogP contribution in [0.5, 0.6) is 11.5 Å². The molecule has 1 atom stereocenters. The third-order valence-electron chi connectivity index (χ3n) is 4.91. The lowest BCUT2D eigenvalue weighted by molar-refractivity contribution is 0.140. The van der Waals surface area contributed by atoms with E-state index in [1.807, 2.05) is 12.1 Å². The smallest absolute Gasteiger partial charge is 0.191 e. The topological polar surface area (TPSA) is 64.1 Å². The molecule has 0 bridgehead atoms. The summed E-state index contributed by atoms with van der Waals surface area (Å²) in [7, 11) is 1.78. The zero-order valence-electron chi connectivity index (χ0n) is 18.2. The quantitative estimate of drug-likeness (QED) is 0.485. The minimum Gasteiger partial charge on any atom is -0.494 e. The van der Waals surface area contributed by atoms with Gasteiger partial charge < -0.3 is 24.8 Å². The number of hydrogen-bond acceptors (Lipinski definition) is 4. The molecule has 30 heavy (non-hydrogen) atoms. The first-order valence-electron chi connectivity index (χ1n) is 10.7. The molecule has 1 heterocycles. The van der Waals surface area contributed by atoms with E-state index in [4.69, 9.17) is 14.2 Å². The van der Waals surface area contributed by atoms with E-state index in [9.17, 15) is 0 Å². The summed E-state index contributed by atoms with van der Waals surface area (Å²) in [6.45, 7) is 7.63. The molecule has 0 saturated carbocycles. The second-order valence-electron chi connectivity index (χ2n) is 7.49.